The lowest BCUT2D eigenvalue weighted by Gasteiger charge is -2.10. The summed E-state index contributed by atoms with van der Waals surface area (Å²) in [7, 11) is 1.48. The van der Waals surface area contributed by atoms with Gasteiger partial charge in [-0.2, -0.15) is 0 Å². The highest BCUT2D eigenvalue weighted by Crippen LogP contribution is 2.29. The normalized spacial score (nSPS) is 10.4. The first-order valence-corrected chi connectivity index (χ1v) is 7.49. The summed E-state index contributed by atoms with van der Waals surface area (Å²) in [5.74, 6) is -0.0880. The van der Waals surface area contributed by atoms with Gasteiger partial charge in [0.15, 0.2) is 11.5 Å². The van der Waals surface area contributed by atoms with E-state index >= 15 is 0 Å². The van der Waals surface area contributed by atoms with Crippen LogP contribution in [0.5, 0.6) is 11.5 Å². The molecule has 5 nitrogen and oxygen atoms in total. The van der Waals surface area contributed by atoms with E-state index in [2.05, 4.69) is 11.9 Å². The van der Waals surface area contributed by atoms with Gasteiger partial charge in [0.25, 0.3) is 0 Å². The minimum atomic E-state index is -0.997. The van der Waals surface area contributed by atoms with Gasteiger partial charge in [-0.15, -0.1) is 11.3 Å². The number of ether oxygens (including phenoxy) is 2. The van der Waals surface area contributed by atoms with Crippen molar-refractivity contribution < 1.29 is 19.4 Å². The Bertz CT molecular complexity index is 624. The minimum absolute atomic E-state index is 0.165. The Hall–Kier alpha value is -2.08. The fourth-order valence-corrected chi connectivity index (χ4v) is 2.70. The molecule has 2 rings (SSSR count). The molecule has 0 aliphatic heterocycles. The summed E-state index contributed by atoms with van der Waals surface area (Å²) in [4.78, 5) is 15.4. The summed E-state index contributed by atoms with van der Waals surface area (Å²) >= 11 is 1.63. The molecule has 0 bridgehead atoms. The van der Waals surface area contributed by atoms with Crippen LogP contribution >= 0.6 is 11.3 Å². The molecule has 1 N–H and O–H groups in total. The Balaban J connectivity index is 2.06. The van der Waals surface area contributed by atoms with Crippen LogP contribution in [0.3, 0.4) is 0 Å². The summed E-state index contributed by atoms with van der Waals surface area (Å²) < 4.78 is 10.8. The van der Waals surface area contributed by atoms with E-state index in [-0.39, 0.29) is 5.56 Å². The molecule has 0 fully saturated rings. The largest absolute Gasteiger partial charge is 0.493 e. The van der Waals surface area contributed by atoms with E-state index in [4.69, 9.17) is 14.6 Å². The maximum absolute atomic E-state index is 10.9. The number of aromatic nitrogens is 1. The zero-order chi connectivity index (χ0) is 15.2. The molecule has 0 aliphatic rings. The third-order valence-electron chi connectivity index (χ3n) is 2.85. The average Bonchev–Trinajstić information content (AvgIpc) is 2.93. The van der Waals surface area contributed by atoms with E-state index in [9.17, 15) is 4.79 Å². The van der Waals surface area contributed by atoms with E-state index in [1.807, 2.05) is 5.38 Å². The summed E-state index contributed by atoms with van der Waals surface area (Å²) in [6.07, 6.45) is 2.04. The SMILES string of the molecule is CCCc1nc(COc2ccc(C(=O)O)cc2OC)cs1. The average molecular weight is 307 g/mol. The Morgan fingerprint density at radius 1 is 1.38 bits per heavy atom. The molecule has 2 aromatic rings. The molecular weight excluding hydrogens is 290 g/mol. The molecule has 6 heteroatoms. The number of carbonyl (C=O) groups is 1. The molecule has 1 heterocycles. The number of aryl methyl sites for hydroxylation is 1. The monoisotopic (exact) mass is 307 g/mol. The third-order valence-corrected chi connectivity index (χ3v) is 3.81. The smallest absolute Gasteiger partial charge is 0.335 e. The van der Waals surface area contributed by atoms with Crippen molar-refractivity contribution in [3.8, 4) is 11.5 Å². The van der Waals surface area contributed by atoms with Crippen LogP contribution in [0.4, 0.5) is 0 Å². The number of methoxy groups -OCH3 is 1. The number of carboxylic acids is 1. The zero-order valence-electron chi connectivity index (χ0n) is 12.0. The highest BCUT2D eigenvalue weighted by atomic mass is 32.1. The van der Waals surface area contributed by atoms with Crippen molar-refractivity contribution in [3.63, 3.8) is 0 Å². The number of benzene rings is 1. The molecule has 0 unspecified atom stereocenters. The van der Waals surface area contributed by atoms with E-state index in [1.54, 1.807) is 17.4 Å². The quantitative estimate of drug-likeness (QED) is 0.849. The van der Waals surface area contributed by atoms with Crippen LogP contribution in [0.25, 0.3) is 0 Å². The summed E-state index contributed by atoms with van der Waals surface area (Å²) in [5.41, 5.74) is 1.03. The first-order valence-electron chi connectivity index (χ1n) is 6.61. The van der Waals surface area contributed by atoms with Gasteiger partial charge in [0, 0.05) is 5.38 Å². The molecule has 1 aromatic heterocycles. The third kappa shape index (κ3) is 3.95. The predicted octanol–water partition coefficient (Wildman–Crippen LogP) is 3.38. The Morgan fingerprint density at radius 2 is 2.19 bits per heavy atom. The molecule has 0 atom stereocenters. The van der Waals surface area contributed by atoms with E-state index in [0.717, 1.165) is 23.5 Å². The number of thiazole rings is 1. The van der Waals surface area contributed by atoms with Crippen LogP contribution in [0, 0.1) is 0 Å². The van der Waals surface area contributed by atoms with Gasteiger partial charge in [0.1, 0.15) is 6.61 Å². The maximum Gasteiger partial charge on any atom is 0.335 e. The standard InChI is InChI=1S/C15H17NO4S/c1-3-4-14-16-11(9-21-14)8-20-12-6-5-10(15(17)18)7-13(12)19-2/h5-7,9H,3-4,8H2,1-2H3,(H,17,18). The molecule has 0 saturated heterocycles. The fraction of sp³-hybridized carbons (Fsp3) is 0.333. The Morgan fingerprint density at radius 3 is 2.86 bits per heavy atom. The van der Waals surface area contributed by atoms with E-state index < -0.39 is 5.97 Å². The number of rotatable bonds is 7. The molecule has 21 heavy (non-hydrogen) atoms. The summed E-state index contributed by atoms with van der Waals surface area (Å²) in [6.45, 7) is 2.45. The zero-order valence-corrected chi connectivity index (χ0v) is 12.8. The van der Waals surface area contributed by atoms with Gasteiger partial charge in [-0.3, -0.25) is 0 Å². The van der Waals surface area contributed by atoms with Gasteiger partial charge in [-0.05, 0) is 31.0 Å². The van der Waals surface area contributed by atoms with Crippen molar-refractivity contribution in [3.05, 3.63) is 39.8 Å². The lowest BCUT2D eigenvalue weighted by Crippen LogP contribution is -2.01. The highest BCUT2D eigenvalue weighted by molar-refractivity contribution is 7.09. The number of hydrogen-bond donors (Lipinski definition) is 1. The number of nitrogens with zero attached hydrogens (tertiary/aromatic N) is 1. The number of carboxylic acid groups (broad SMARTS) is 1. The predicted molar refractivity (Wildman–Crippen MR) is 80.4 cm³/mol. The molecule has 0 spiro atoms. The van der Waals surface area contributed by atoms with Crippen molar-refractivity contribution >= 4 is 17.3 Å². The topological polar surface area (TPSA) is 68.7 Å². The van der Waals surface area contributed by atoms with Gasteiger partial charge in [0.2, 0.25) is 0 Å². The highest BCUT2D eigenvalue weighted by Gasteiger charge is 2.11. The molecule has 0 aliphatic carbocycles. The van der Waals surface area contributed by atoms with Crippen LogP contribution in [0.15, 0.2) is 23.6 Å². The lowest BCUT2D eigenvalue weighted by atomic mass is 10.2. The second-order valence-electron chi connectivity index (χ2n) is 4.44. The van der Waals surface area contributed by atoms with Crippen LogP contribution in [-0.4, -0.2) is 23.2 Å². The maximum atomic E-state index is 10.9. The second-order valence-corrected chi connectivity index (χ2v) is 5.38. The molecule has 1 aromatic carbocycles. The van der Waals surface area contributed by atoms with Crippen LogP contribution < -0.4 is 9.47 Å². The van der Waals surface area contributed by atoms with Crippen molar-refractivity contribution in [1.29, 1.82) is 0 Å². The molecule has 0 amide bonds. The van der Waals surface area contributed by atoms with Gasteiger partial charge in [-0.1, -0.05) is 6.92 Å². The molecule has 0 saturated carbocycles. The fourth-order valence-electron chi connectivity index (χ4n) is 1.82. The van der Waals surface area contributed by atoms with Crippen LogP contribution in [0.1, 0.15) is 34.4 Å². The number of aromatic carboxylic acids is 1. The van der Waals surface area contributed by atoms with Crippen molar-refractivity contribution in [1.82, 2.24) is 4.98 Å². The van der Waals surface area contributed by atoms with Crippen molar-refractivity contribution in [2.45, 2.75) is 26.4 Å². The van der Waals surface area contributed by atoms with Gasteiger partial charge < -0.3 is 14.6 Å². The van der Waals surface area contributed by atoms with Crippen molar-refractivity contribution in [2.75, 3.05) is 7.11 Å². The Labute approximate surface area is 127 Å². The molecule has 0 radical (unpaired) electrons. The number of hydrogen-bond acceptors (Lipinski definition) is 5. The molecular formula is C15H17NO4S. The minimum Gasteiger partial charge on any atom is -0.493 e. The second kappa shape index (κ2) is 7.08. The van der Waals surface area contributed by atoms with Crippen LogP contribution in [0.2, 0.25) is 0 Å². The van der Waals surface area contributed by atoms with E-state index in [0.29, 0.717) is 18.1 Å². The molecule has 112 valence electrons. The summed E-state index contributed by atoms with van der Waals surface area (Å²) in [5, 5.41) is 12.0. The lowest BCUT2D eigenvalue weighted by molar-refractivity contribution is 0.0696. The van der Waals surface area contributed by atoms with Crippen molar-refractivity contribution in [2.24, 2.45) is 0 Å². The van der Waals surface area contributed by atoms with Gasteiger partial charge in [-0.25, -0.2) is 9.78 Å². The van der Waals surface area contributed by atoms with Gasteiger partial charge in [0.05, 0.1) is 23.4 Å². The van der Waals surface area contributed by atoms with Crippen LogP contribution in [-0.2, 0) is 13.0 Å². The van der Waals surface area contributed by atoms with E-state index in [1.165, 1.54) is 19.2 Å². The first-order chi connectivity index (χ1) is 10.1. The summed E-state index contributed by atoms with van der Waals surface area (Å²) in [6, 6.07) is 4.53. The Kier molecular flexibility index (Phi) is 5.16. The van der Waals surface area contributed by atoms with Gasteiger partial charge >= 0.3 is 5.97 Å². The first kappa shape index (κ1) is 15.3.